The van der Waals surface area contributed by atoms with E-state index in [9.17, 15) is 4.79 Å². The number of nitrogen functional groups attached to an aromatic ring is 1. The Kier molecular flexibility index (Phi) is 5.60. The Morgan fingerprint density at radius 3 is 2.58 bits per heavy atom. The van der Waals surface area contributed by atoms with E-state index in [-0.39, 0.29) is 11.7 Å². The van der Waals surface area contributed by atoms with Gasteiger partial charge in [-0.05, 0) is 68.4 Å². The van der Waals surface area contributed by atoms with Crippen LogP contribution in [0.25, 0.3) is 16.7 Å². The van der Waals surface area contributed by atoms with Crippen molar-refractivity contribution in [3.63, 3.8) is 0 Å². The Balaban J connectivity index is 1.56. The number of hydrogen-bond donors (Lipinski definition) is 1. The minimum atomic E-state index is -0.103. The predicted molar refractivity (Wildman–Crippen MR) is 131 cm³/mol. The molecule has 0 bridgehead atoms. The molecule has 1 fully saturated rings. The van der Waals surface area contributed by atoms with Gasteiger partial charge >= 0.3 is 5.69 Å². The highest BCUT2D eigenvalue weighted by Crippen LogP contribution is 2.29. The first-order valence-corrected chi connectivity index (χ1v) is 11.2. The number of para-hydroxylation sites is 1. The molecule has 1 aliphatic rings. The summed E-state index contributed by atoms with van der Waals surface area (Å²) in [6, 6.07) is 19.0. The molecule has 0 spiro atoms. The van der Waals surface area contributed by atoms with Crippen LogP contribution < -0.4 is 16.2 Å². The third-order valence-electron chi connectivity index (χ3n) is 6.04. The van der Waals surface area contributed by atoms with Crippen molar-refractivity contribution in [3.05, 3.63) is 89.6 Å². The first-order chi connectivity index (χ1) is 16.2. The van der Waals surface area contributed by atoms with Crippen LogP contribution in [0.1, 0.15) is 25.8 Å². The normalized spacial score (nSPS) is 16.5. The quantitative estimate of drug-likeness (QED) is 0.484. The minimum Gasteiger partial charge on any atom is -0.457 e. The number of imidazole rings is 1. The second kappa shape index (κ2) is 8.86. The number of anilines is 1. The van der Waals surface area contributed by atoms with Crippen molar-refractivity contribution >= 4 is 16.9 Å². The number of nitrogens with two attached hydrogens (primary N) is 1. The van der Waals surface area contributed by atoms with E-state index in [1.807, 2.05) is 78.2 Å². The zero-order chi connectivity index (χ0) is 22.8. The first-order valence-electron chi connectivity index (χ1n) is 11.2. The lowest BCUT2D eigenvalue weighted by Gasteiger charge is -2.32. The van der Waals surface area contributed by atoms with Crippen molar-refractivity contribution in [3.8, 4) is 17.2 Å². The fourth-order valence-corrected chi connectivity index (χ4v) is 4.61. The summed E-state index contributed by atoms with van der Waals surface area (Å²) in [5, 5.41) is 0. The largest absolute Gasteiger partial charge is 0.457 e. The number of hydrogen-bond acceptors (Lipinski definition) is 5. The third-order valence-corrected chi connectivity index (χ3v) is 6.04. The van der Waals surface area contributed by atoms with Gasteiger partial charge in [-0.3, -0.25) is 9.13 Å². The molecule has 7 heteroatoms. The zero-order valence-electron chi connectivity index (χ0n) is 18.6. The minimum absolute atomic E-state index is 0.0636. The molecule has 2 aromatic carbocycles. The smallest absolute Gasteiger partial charge is 0.334 e. The van der Waals surface area contributed by atoms with Gasteiger partial charge in [-0.15, -0.1) is 0 Å². The molecule has 1 atom stereocenters. The Hall–Kier alpha value is -4.00. The number of fused-ring (bicyclic) bond motifs is 1. The molecule has 1 aliphatic heterocycles. The molecule has 3 heterocycles. The summed E-state index contributed by atoms with van der Waals surface area (Å²) in [5.74, 6) is 1.80. The van der Waals surface area contributed by atoms with Crippen molar-refractivity contribution < 1.29 is 4.74 Å². The van der Waals surface area contributed by atoms with E-state index in [4.69, 9.17) is 10.5 Å². The summed E-state index contributed by atoms with van der Waals surface area (Å²) in [4.78, 5) is 20.3. The molecule has 0 saturated carbocycles. The lowest BCUT2D eigenvalue weighted by atomic mass is 10.1. The van der Waals surface area contributed by atoms with Gasteiger partial charge in [-0.1, -0.05) is 24.3 Å². The van der Waals surface area contributed by atoms with E-state index in [1.165, 1.54) is 0 Å². The lowest BCUT2D eigenvalue weighted by Crippen LogP contribution is -2.37. The third kappa shape index (κ3) is 3.98. The van der Waals surface area contributed by atoms with Crippen molar-refractivity contribution in [2.75, 3.05) is 18.8 Å². The Labute approximate surface area is 192 Å². The first kappa shape index (κ1) is 20.9. The monoisotopic (exact) mass is 441 g/mol. The number of piperidine rings is 1. The molecule has 2 N–H and O–H groups in total. The van der Waals surface area contributed by atoms with Gasteiger partial charge < -0.3 is 15.4 Å². The summed E-state index contributed by atoms with van der Waals surface area (Å²) in [6.07, 6.45) is 7.77. The van der Waals surface area contributed by atoms with Crippen molar-refractivity contribution in [2.45, 2.75) is 25.8 Å². The van der Waals surface area contributed by atoms with E-state index in [1.54, 1.807) is 10.8 Å². The van der Waals surface area contributed by atoms with E-state index in [2.05, 4.69) is 16.1 Å². The molecule has 0 aliphatic carbocycles. The summed E-state index contributed by atoms with van der Waals surface area (Å²) < 4.78 is 9.46. The molecule has 7 nitrogen and oxygen atoms in total. The van der Waals surface area contributed by atoms with Crippen LogP contribution in [0, 0.1) is 0 Å². The van der Waals surface area contributed by atoms with E-state index >= 15 is 0 Å². The number of likely N-dealkylation sites (tertiary alicyclic amines) is 1. The molecule has 0 amide bonds. The van der Waals surface area contributed by atoms with Crippen LogP contribution in [0.15, 0.2) is 83.9 Å². The summed E-state index contributed by atoms with van der Waals surface area (Å²) in [6.45, 7) is 3.80. The van der Waals surface area contributed by atoms with Crippen LogP contribution in [0.2, 0.25) is 0 Å². The Morgan fingerprint density at radius 1 is 1.06 bits per heavy atom. The van der Waals surface area contributed by atoms with Gasteiger partial charge in [0, 0.05) is 19.3 Å². The van der Waals surface area contributed by atoms with Gasteiger partial charge in [-0.2, -0.15) is 0 Å². The van der Waals surface area contributed by atoms with Crippen LogP contribution in [0.5, 0.6) is 11.5 Å². The fourth-order valence-electron chi connectivity index (χ4n) is 4.61. The molecule has 33 heavy (non-hydrogen) atoms. The number of aromatic nitrogens is 3. The molecule has 0 unspecified atom stereocenters. The van der Waals surface area contributed by atoms with Crippen LogP contribution in [0.3, 0.4) is 0 Å². The summed E-state index contributed by atoms with van der Waals surface area (Å²) in [5.41, 5.74) is 8.36. The second-order valence-electron chi connectivity index (χ2n) is 8.23. The van der Waals surface area contributed by atoms with Gasteiger partial charge in [0.15, 0.2) is 0 Å². The van der Waals surface area contributed by atoms with Crippen molar-refractivity contribution in [1.82, 2.24) is 19.0 Å². The average Bonchev–Trinajstić information content (AvgIpc) is 3.14. The van der Waals surface area contributed by atoms with E-state index in [0.717, 1.165) is 42.9 Å². The molecule has 1 saturated heterocycles. The Morgan fingerprint density at radius 2 is 1.82 bits per heavy atom. The fraction of sp³-hybridized carbons (Fsp3) is 0.231. The SMILES string of the molecule is CC=CN1CCC[C@@H](n2c(=O)n(-c3ccc(Oc4ccccc4)cc3)c3c(N)nccc32)C1. The molecule has 4 aromatic rings. The van der Waals surface area contributed by atoms with Crippen LogP contribution in [-0.2, 0) is 0 Å². The maximum atomic E-state index is 13.8. The van der Waals surface area contributed by atoms with Gasteiger partial charge in [0.1, 0.15) is 22.8 Å². The topological polar surface area (TPSA) is 78.3 Å². The highest BCUT2D eigenvalue weighted by molar-refractivity contribution is 5.87. The summed E-state index contributed by atoms with van der Waals surface area (Å²) in [7, 11) is 0. The predicted octanol–water partition coefficient (Wildman–Crippen LogP) is 4.73. The van der Waals surface area contributed by atoms with Gasteiger partial charge in [-0.25, -0.2) is 9.78 Å². The highest BCUT2D eigenvalue weighted by atomic mass is 16.5. The molecular weight excluding hydrogens is 414 g/mol. The second-order valence-corrected chi connectivity index (χ2v) is 8.23. The molecular formula is C26H27N5O2. The van der Waals surface area contributed by atoms with E-state index < -0.39 is 0 Å². The van der Waals surface area contributed by atoms with Crippen LogP contribution in [-0.4, -0.2) is 32.1 Å². The van der Waals surface area contributed by atoms with Crippen LogP contribution >= 0.6 is 0 Å². The maximum absolute atomic E-state index is 13.8. The number of nitrogens with zero attached hydrogens (tertiary/aromatic N) is 4. The lowest BCUT2D eigenvalue weighted by molar-refractivity contribution is 0.235. The van der Waals surface area contributed by atoms with Gasteiger partial charge in [0.25, 0.3) is 0 Å². The van der Waals surface area contributed by atoms with Gasteiger partial charge in [0.2, 0.25) is 0 Å². The molecule has 5 rings (SSSR count). The maximum Gasteiger partial charge on any atom is 0.334 e. The molecule has 168 valence electrons. The standard InChI is InChI=1S/C26H27N5O2/c1-2-16-29-17-6-7-20(18-29)30-23-14-15-28-25(27)24(23)31(26(30)32)19-10-12-22(13-11-19)33-21-8-4-3-5-9-21/h2-5,8-16,20H,6-7,17-18H2,1H3,(H2,27,28)/t20-/m1/s1. The number of ether oxygens (including phenoxy) is 1. The molecule has 2 aromatic heterocycles. The average molecular weight is 442 g/mol. The van der Waals surface area contributed by atoms with E-state index in [0.29, 0.717) is 17.1 Å². The number of rotatable bonds is 5. The number of allylic oxidation sites excluding steroid dienone is 1. The molecule has 0 radical (unpaired) electrons. The summed E-state index contributed by atoms with van der Waals surface area (Å²) >= 11 is 0. The van der Waals surface area contributed by atoms with Crippen molar-refractivity contribution in [1.29, 1.82) is 0 Å². The van der Waals surface area contributed by atoms with Crippen molar-refractivity contribution in [2.24, 2.45) is 0 Å². The number of benzene rings is 2. The number of pyridine rings is 1. The van der Waals surface area contributed by atoms with Crippen LogP contribution in [0.4, 0.5) is 5.82 Å². The zero-order valence-corrected chi connectivity index (χ0v) is 18.6. The highest BCUT2D eigenvalue weighted by Gasteiger charge is 2.26. The Bertz CT molecular complexity index is 1340. The van der Waals surface area contributed by atoms with Gasteiger partial charge in [0.05, 0.1) is 17.2 Å².